The van der Waals surface area contributed by atoms with E-state index in [9.17, 15) is 0 Å². The maximum absolute atomic E-state index is 5.96. The topological polar surface area (TPSA) is 27.7 Å². The SMILES string of the molecule is CCC1(CO[Si](C)(CC)OC)COC1. The normalized spacial score (nSPS) is 24.0. The Morgan fingerprint density at radius 3 is 2.29 bits per heavy atom. The summed E-state index contributed by atoms with van der Waals surface area (Å²) in [7, 11) is -0.106. The van der Waals surface area contributed by atoms with Crippen LogP contribution in [0.15, 0.2) is 0 Å². The molecule has 1 atom stereocenters. The summed E-state index contributed by atoms with van der Waals surface area (Å²) < 4.78 is 16.7. The molecule has 3 nitrogen and oxygen atoms in total. The summed E-state index contributed by atoms with van der Waals surface area (Å²) in [5.41, 5.74) is 0.280. The van der Waals surface area contributed by atoms with Crippen LogP contribution in [-0.4, -0.2) is 35.5 Å². The largest absolute Gasteiger partial charge is 0.398 e. The molecule has 0 aromatic heterocycles. The van der Waals surface area contributed by atoms with Gasteiger partial charge in [0.15, 0.2) is 0 Å². The van der Waals surface area contributed by atoms with E-state index in [1.54, 1.807) is 7.11 Å². The first-order valence-corrected chi connectivity index (χ1v) is 7.89. The van der Waals surface area contributed by atoms with Crippen molar-refractivity contribution in [2.24, 2.45) is 5.41 Å². The summed E-state index contributed by atoms with van der Waals surface area (Å²) in [6, 6.07) is 1.00. The molecule has 84 valence electrons. The van der Waals surface area contributed by atoms with Crippen molar-refractivity contribution in [3.8, 4) is 0 Å². The standard InChI is InChI=1S/C10H22O3Si/c1-5-10(7-12-8-10)9-13-14(4,6-2)11-3/h5-9H2,1-4H3. The molecule has 1 rings (SSSR count). The third kappa shape index (κ3) is 2.57. The quantitative estimate of drug-likeness (QED) is 0.640. The fourth-order valence-electron chi connectivity index (χ4n) is 1.39. The second-order valence-electron chi connectivity index (χ2n) is 4.33. The van der Waals surface area contributed by atoms with Gasteiger partial charge in [0.25, 0.3) is 0 Å². The molecule has 0 radical (unpaired) electrons. The monoisotopic (exact) mass is 218 g/mol. The first-order valence-electron chi connectivity index (χ1n) is 5.36. The van der Waals surface area contributed by atoms with E-state index in [1.165, 1.54) is 0 Å². The van der Waals surface area contributed by atoms with E-state index in [-0.39, 0.29) is 5.41 Å². The Morgan fingerprint density at radius 1 is 1.36 bits per heavy atom. The van der Waals surface area contributed by atoms with Crippen LogP contribution in [0.25, 0.3) is 0 Å². The number of ether oxygens (including phenoxy) is 1. The van der Waals surface area contributed by atoms with Crippen LogP contribution >= 0.6 is 0 Å². The molecule has 0 N–H and O–H groups in total. The highest BCUT2D eigenvalue weighted by atomic mass is 28.4. The van der Waals surface area contributed by atoms with Gasteiger partial charge in [-0.15, -0.1) is 0 Å². The Bertz CT molecular complexity index is 158. The van der Waals surface area contributed by atoms with E-state index in [0.29, 0.717) is 0 Å². The Kier molecular flexibility index (Phi) is 4.12. The lowest BCUT2D eigenvalue weighted by molar-refractivity contribution is -0.137. The fourth-order valence-corrected chi connectivity index (χ4v) is 2.61. The molecule has 1 unspecified atom stereocenters. The average molecular weight is 218 g/mol. The van der Waals surface area contributed by atoms with Gasteiger partial charge in [-0.1, -0.05) is 13.8 Å². The fraction of sp³-hybridized carbons (Fsp3) is 1.00. The van der Waals surface area contributed by atoms with Crippen LogP contribution in [0, 0.1) is 5.41 Å². The zero-order chi connectivity index (χ0) is 10.7. The molecule has 1 fully saturated rings. The van der Waals surface area contributed by atoms with Crippen LogP contribution in [0.1, 0.15) is 20.3 Å². The highest BCUT2D eigenvalue weighted by Gasteiger charge is 2.40. The van der Waals surface area contributed by atoms with E-state index < -0.39 is 8.56 Å². The van der Waals surface area contributed by atoms with Crippen molar-refractivity contribution in [1.29, 1.82) is 0 Å². The molecule has 4 heteroatoms. The number of rotatable bonds is 6. The summed E-state index contributed by atoms with van der Waals surface area (Å²) in [6.07, 6.45) is 1.13. The van der Waals surface area contributed by atoms with Crippen molar-refractivity contribution >= 4 is 8.56 Å². The molecule has 0 spiro atoms. The average Bonchev–Trinajstić information content (AvgIpc) is 2.16. The molecule has 1 saturated heterocycles. The Labute approximate surface area is 88.0 Å². The van der Waals surface area contributed by atoms with Crippen molar-refractivity contribution in [3.63, 3.8) is 0 Å². The Morgan fingerprint density at radius 2 is 2.00 bits per heavy atom. The van der Waals surface area contributed by atoms with Crippen molar-refractivity contribution in [1.82, 2.24) is 0 Å². The van der Waals surface area contributed by atoms with Gasteiger partial charge >= 0.3 is 8.56 Å². The van der Waals surface area contributed by atoms with Crippen LogP contribution in [-0.2, 0) is 13.6 Å². The second kappa shape index (κ2) is 4.75. The Hall–Kier alpha value is 0.0969. The molecular formula is C10H22O3Si. The lowest BCUT2D eigenvalue weighted by Crippen LogP contribution is -2.49. The third-order valence-corrected chi connectivity index (χ3v) is 6.23. The van der Waals surface area contributed by atoms with E-state index in [0.717, 1.165) is 32.3 Å². The van der Waals surface area contributed by atoms with Gasteiger partial charge in [-0.05, 0) is 19.0 Å². The molecule has 0 aromatic rings. The molecule has 0 amide bonds. The maximum Gasteiger partial charge on any atom is 0.334 e. The lowest BCUT2D eigenvalue weighted by Gasteiger charge is -2.42. The first kappa shape index (κ1) is 12.2. The van der Waals surface area contributed by atoms with Crippen molar-refractivity contribution in [3.05, 3.63) is 0 Å². The minimum atomic E-state index is -1.86. The van der Waals surface area contributed by atoms with Gasteiger partial charge < -0.3 is 13.6 Å². The molecule has 0 aromatic carbocycles. The van der Waals surface area contributed by atoms with Crippen LogP contribution < -0.4 is 0 Å². The first-order chi connectivity index (χ1) is 6.60. The smallest absolute Gasteiger partial charge is 0.334 e. The van der Waals surface area contributed by atoms with E-state index >= 15 is 0 Å². The number of hydrogen-bond donors (Lipinski definition) is 0. The molecule has 0 bridgehead atoms. The Balaban J connectivity index is 2.37. The van der Waals surface area contributed by atoms with Crippen molar-refractivity contribution in [2.45, 2.75) is 32.9 Å². The van der Waals surface area contributed by atoms with Crippen LogP contribution in [0.3, 0.4) is 0 Å². The summed E-state index contributed by atoms with van der Waals surface area (Å²) in [5.74, 6) is 0. The minimum absolute atomic E-state index is 0.280. The van der Waals surface area contributed by atoms with Crippen LogP contribution in [0.4, 0.5) is 0 Å². The molecule has 0 aliphatic carbocycles. The van der Waals surface area contributed by atoms with Gasteiger partial charge in [0, 0.05) is 19.1 Å². The predicted octanol–water partition coefficient (Wildman–Crippen LogP) is 2.17. The van der Waals surface area contributed by atoms with Crippen LogP contribution in [0.5, 0.6) is 0 Å². The summed E-state index contributed by atoms with van der Waals surface area (Å²) in [5, 5.41) is 0. The molecule has 14 heavy (non-hydrogen) atoms. The summed E-state index contributed by atoms with van der Waals surface area (Å²) >= 11 is 0. The van der Waals surface area contributed by atoms with Crippen LogP contribution in [0.2, 0.25) is 12.6 Å². The van der Waals surface area contributed by atoms with Gasteiger partial charge in [0.2, 0.25) is 0 Å². The van der Waals surface area contributed by atoms with Gasteiger partial charge in [0.1, 0.15) is 0 Å². The minimum Gasteiger partial charge on any atom is -0.398 e. The van der Waals surface area contributed by atoms with E-state index in [4.69, 9.17) is 13.6 Å². The highest BCUT2D eigenvalue weighted by molar-refractivity contribution is 6.65. The summed E-state index contributed by atoms with van der Waals surface area (Å²) in [4.78, 5) is 0. The highest BCUT2D eigenvalue weighted by Crippen LogP contribution is 2.32. The molecule has 1 heterocycles. The van der Waals surface area contributed by atoms with E-state index in [1.807, 2.05) is 0 Å². The molecule has 1 aliphatic heterocycles. The van der Waals surface area contributed by atoms with Crippen molar-refractivity contribution < 1.29 is 13.6 Å². The molecule has 0 saturated carbocycles. The molecular weight excluding hydrogens is 196 g/mol. The van der Waals surface area contributed by atoms with Gasteiger partial charge in [-0.3, -0.25) is 0 Å². The third-order valence-electron chi connectivity index (χ3n) is 3.32. The van der Waals surface area contributed by atoms with Gasteiger partial charge in [-0.2, -0.15) is 0 Å². The summed E-state index contributed by atoms with van der Waals surface area (Å²) in [6.45, 7) is 8.95. The van der Waals surface area contributed by atoms with Gasteiger partial charge in [-0.25, -0.2) is 0 Å². The molecule has 1 aliphatic rings. The second-order valence-corrected chi connectivity index (χ2v) is 8.00. The van der Waals surface area contributed by atoms with Crippen molar-refractivity contribution in [2.75, 3.05) is 26.9 Å². The predicted molar refractivity (Wildman–Crippen MR) is 58.6 cm³/mol. The maximum atomic E-state index is 5.96. The van der Waals surface area contributed by atoms with Gasteiger partial charge in [0.05, 0.1) is 13.2 Å². The van der Waals surface area contributed by atoms with E-state index in [2.05, 4.69) is 20.4 Å². The zero-order valence-corrected chi connectivity index (χ0v) is 10.8. The zero-order valence-electron chi connectivity index (χ0n) is 9.76. The number of hydrogen-bond acceptors (Lipinski definition) is 3. The lowest BCUT2D eigenvalue weighted by atomic mass is 9.84.